The van der Waals surface area contributed by atoms with Crippen molar-refractivity contribution in [2.45, 2.75) is 33.2 Å². The smallest absolute Gasteiger partial charge is 0.226 e. The van der Waals surface area contributed by atoms with Gasteiger partial charge in [-0.1, -0.05) is 13.8 Å². The highest BCUT2D eigenvalue weighted by molar-refractivity contribution is 5.82. The molecule has 4 heteroatoms. The summed E-state index contributed by atoms with van der Waals surface area (Å²) in [5.41, 5.74) is 0.824. The number of carbonyl (C=O) groups excluding carboxylic acids is 1. The summed E-state index contributed by atoms with van der Waals surface area (Å²) < 4.78 is 2.04. The summed E-state index contributed by atoms with van der Waals surface area (Å²) in [7, 11) is 2.00. The molecule has 0 aromatic carbocycles. The second-order valence-corrected chi connectivity index (χ2v) is 6.06. The molecule has 1 aliphatic heterocycles. The number of nitrogens with zero attached hydrogens (tertiary/aromatic N) is 1. The SMILES string of the molecule is Cn1cccc1CNC(=O)C(C)(C)C1CCCNC1. The number of aromatic nitrogens is 1. The quantitative estimate of drug-likeness (QED) is 0.868. The molecule has 1 aliphatic rings. The third-order valence-electron chi connectivity index (χ3n) is 4.38. The molecule has 1 aromatic heterocycles. The zero-order valence-corrected chi connectivity index (χ0v) is 12.2. The van der Waals surface area contributed by atoms with E-state index in [9.17, 15) is 4.79 Å². The summed E-state index contributed by atoms with van der Waals surface area (Å²) in [4.78, 5) is 12.4. The number of aryl methyl sites for hydroxylation is 1. The summed E-state index contributed by atoms with van der Waals surface area (Å²) in [6.07, 6.45) is 4.30. The predicted octanol–water partition coefficient (Wildman–Crippen LogP) is 1.67. The van der Waals surface area contributed by atoms with E-state index in [4.69, 9.17) is 0 Å². The maximum Gasteiger partial charge on any atom is 0.226 e. The van der Waals surface area contributed by atoms with E-state index in [1.54, 1.807) is 0 Å². The molecule has 0 spiro atoms. The van der Waals surface area contributed by atoms with Gasteiger partial charge >= 0.3 is 0 Å². The van der Waals surface area contributed by atoms with E-state index in [2.05, 4.69) is 24.5 Å². The van der Waals surface area contributed by atoms with Crippen molar-refractivity contribution in [1.29, 1.82) is 0 Å². The van der Waals surface area contributed by atoms with Gasteiger partial charge in [-0.15, -0.1) is 0 Å². The lowest BCUT2D eigenvalue weighted by Crippen LogP contribution is -2.47. The zero-order chi connectivity index (χ0) is 13.9. The van der Waals surface area contributed by atoms with Crippen LogP contribution in [-0.4, -0.2) is 23.6 Å². The van der Waals surface area contributed by atoms with Crippen LogP contribution in [0.15, 0.2) is 18.3 Å². The van der Waals surface area contributed by atoms with Crippen molar-refractivity contribution in [3.8, 4) is 0 Å². The van der Waals surface area contributed by atoms with Gasteiger partial charge in [-0.3, -0.25) is 4.79 Å². The fourth-order valence-corrected chi connectivity index (χ4v) is 2.73. The predicted molar refractivity (Wildman–Crippen MR) is 76.6 cm³/mol. The Morgan fingerprint density at radius 2 is 2.37 bits per heavy atom. The van der Waals surface area contributed by atoms with E-state index >= 15 is 0 Å². The van der Waals surface area contributed by atoms with Crippen molar-refractivity contribution in [3.05, 3.63) is 24.0 Å². The first-order valence-corrected chi connectivity index (χ1v) is 7.11. The van der Waals surface area contributed by atoms with Crippen molar-refractivity contribution < 1.29 is 4.79 Å². The minimum absolute atomic E-state index is 0.155. The lowest BCUT2D eigenvalue weighted by atomic mass is 9.74. The Balaban J connectivity index is 1.92. The molecule has 0 bridgehead atoms. The molecule has 2 N–H and O–H groups in total. The molecule has 4 nitrogen and oxygen atoms in total. The van der Waals surface area contributed by atoms with Gasteiger partial charge in [0.15, 0.2) is 0 Å². The van der Waals surface area contributed by atoms with E-state index in [0.29, 0.717) is 12.5 Å². The first-order valence-electron chi connectivity index (χ1n) is 7.11. The molecular formula is C15H25N3O. The Morgan fingerprint density at radius 1 is 1.58 bits per heavy atom. The number of hydrogen-bond donors (Lipinski definition) is 2. The largest absolute Gasteiger partial charge is 0.353 e. The molecule has 2 rings (SSSR count). The van der Waals surface area contributed by atoms with E-state index in [0.717, 1.165) is 25.2 Å². The molecule has 1 atom stereocenters. The van der Waals surface area contributed by atoms with Gasteiger partial charge < -0.3 is 15.2 Å². The van der Waals surface area contributed by atoms with Gasteiger partial charge in [-0.05, 0) is 44.0 Å². The van der Waals surface area contributed by atoms with E-state index in [1.165, 1.54) is 6.42 Å². The molecule has 19 heavy (non-hydrogen) atoms. The fraction of sp³-hybridized carbons (Fsp3) is 0.667. The molecule has 0 aliphatic carbocycles. The maximum absolute atomic E-state index is 12.4. The number of carbonyl (C=O) groups is 1. The normalized spacial score (nSPS) is 20.3. The number of rotatable bonds is 4. The van der Waals surface area contributed by atoms with Crippen LogP contribution >= 0.6 is 0 Å². The molecular weight excluding hydrogens is 238 g/mol. The van der Waals surface area contributed by atoms with Gasteiger partial charge in [-0.25, -0.2) is 0 Å². The zero-order valence-electron chi connectivity index (χ0n) is 12.2. The summed E-state index contributed by atoms with van der Waals surface area (Å²) in [5, 5.41) is 6.47. The lowest BCUT2D eigenvalue weighted by Gasteiger charge is -2.36. The van der Waals surface area contributed by atoms with Crippen molar-refractivity contribution in [3.63, 3.8) is 0 Å². The highest BCUT2D eigenvalue weighted by Gasteiger charge is 2.37. The van der Waals surface area contributed by atoms with Gasteiger partial charge in [0.25, 0.3) is 0 Å². The molecule has 1 unspecified atom stereocenters. The van der Waals surface area contributed by atoms with Crippen LogP contribution in [0.1, 0.15) is 32.4 Å². The van der Waals surface area contributed by atoms with Gasteiger partial charge in [0.1, 0.15) is 0 Å². The minimum Gasteiger partial charge on any atom is -0.353 e. The van der Waals surface area contributed by atoms with Crippen molar-refractivity contribution in [2.75, 3.05) is 13.1 Å². The van der Waals surface area contributed by atoms with Crippen molar-refractivity contribution in [1.82, 2.24) is 15.2 Å². The minimum atomic E-state index is -0.307. The lowest BCUT2D eigenvalue weighted by molar-refractivity contribution is -0.132. The number of amides is 1. The first kappa shape index (κ1) is 14.1. The van der Waals surface area contributed by atoms with Crippen molar-refractivity contribution in [2.24, 2.45) is 18.4 Å². The molecule has 1 saturated heterocycles. The van der Waals surface area contributed by atoms with Crippen LogP contribution in [-0.2, 0) is 18.4 Å². The fourth-order valence-electron chi connectivity index (χ4n) is 2.73. The average molecular weight is 263 g/mol. The number of piperidine rings is 1. The van der Waals surface area contributed by atoms with Crippen LogP contribution in [0, 0.1) is 11.3 Å². The maximum atomic E-state index is 12.4. The second kappa shape index (κ2) is 5.78. The van der Waals surface area contributed by atoms with Gasteiger partial charge in [-0.2, -0.15) is 0 Å². The number of hydrogen-bond acceptors (Lipinski definition) is 2. The highest BCUT2D eigenvalue weighted by atomic mass is 16.2. The third kappa shape index (κ3) is 3.18. The standard InChI is InChI=1S/C15H25N3O/c1-15(2,12-6-4-8-16-10-12)14(19)17-11-13-7-5-9-18(13)3/h5,7,9,12,16H,4,6,8,10-11H2,1-3H3,(H,17,19). The van der Waals surface area contributed by atoms with Crippen LogP contribution in [0.2, 0.25) is 0 Å². The summed E-state index contributed by atoms with van der Waals surface area (Å²) in [6, 6.07) is 4.03. The molecule has 1 amide bonds. The van der Waals surface area contributed by atoms with E-state index in [-0.39, 0.29) is 11.3 Å². The van der Waals surface area contributed by atoms with Crippen molar-refractivity contribution >= 4 is 5.91 Å². The van der Waals surface area contributed by atoms with Crippen LogP contribution in [0.3, 0.4) is 0 Å². The molecule has 106 valence electrons. The molecule has 0 radical (unpaired) electrons. The summed E-state index contributed by atoms with van der Waals surface area (Å²) in [6.45, 7) is 6.75. The van der Waals surface area contributed by atoms with Crippen LogP contribution in [0.25, 0.3) is 0 Å². The molecule has 2 heterocycles. The topological polar surface area (TPSA) is 46.1 Å². The first-order chi connectivity index (χ1) is 9.01. The Labute approximate surface area is 115 Å². The third-order valence-corrected chi connectivity index (χ3v) is 4.38. The Kier molecular flexibility index (Phi) is 4.30. The van der Waals surface area contributed by atoms with Crippen LogP contribution < -0.4 is 10.6 Å². The van der Waals surface area contributed by atoms with Gasteiger partial charge in [0.2, 0.25) is 5.91 Å². The highest BCUT2D eigenvalue weighted by Crippen LogP contribution is 2.31. The second-order valence-electron chi connectivity index (χ2n) is 6.06. The Bertz CT molecular complexity index is 430. The summed E-state index contributed by atoms with van der Waals surface area (Å²) in [5.74, 6) is 0.581. The van der Waals surface area contributed by atoms with Gasteiger partial charge in [0.05, 0.1) is 6.54 Å². The summed E-state index contributed by atoms with van der Waals surface area (Å²) >= 11 is 0. The monoisotopic (exact) mass is 263 g/mol. The van der Waals surface area contributed by atoms with Crippen LogP contribution in [0.5, 0.6) is 0 Å². The molecule has 1 fully saturated rings. The van der Waals surface area contributed by atoms with E-state index < -0.39 is 0 Å². The molecule has 1 aromatic rings. The van der Waals surface area contributed by atoms with Crippen LogP contribution in [0.4, 0.5) is 0 Å². The van der Waals surface area contributed by atoms with Gasteiger partial charge in [0, 0.05) is 24.4 Å². The number of nitrogens with one attached hydrogen (secondary N) is 2. The van der Waals surface area contributed by atoms with E-state index in [1.807, 2.05) is 29.9 Å². The Morgan fingerprint density at radius 3 is 2.95 bits per heavy atom. The molecule has 0 saturated carbocycles. The average Bonchev–Trinajstić information content (AvgIpc) is 2.82. The Hall–Kier alpha value is -1.29.